The molecule has 0 atom stereocenters. The Morgan fingerprint density at radius 2 is 1.71 bits per heavy atom. The first-order valence-electron chi connectivity index (χ1n) is 5.53. The standard InChI is InChI=1S/C13H7Cl2NO4S/c14-10-4-2-7(5-11(10)15)21-8-1-3-9(13(17)18)12(6-8)16(19)20/h1-6H,(H,17,18). The Labute approximate surface area is 133 Å². The maximum absolute atomic E-state index is 10.9. The first-order chi connectivity index (χ1) is 9.88. The number of nitro benzene ring substituents is 1. The van der Waals surface area contributed by atoms with Crippen LogP contribution in [0.3, 0.4) is 0 Å². The van der Waals surface area contributed by atoms with E-state index < -0.39 is 16.6 Å². The Kier molecular flexibility index (Phi) is 4.72. The van der Waals surface area contributed by atoms with Crippen LogP contribution in [0.2, 0.25) is 10.0 Å². The van der Waals surface area contributed by atoms with Crippen LogP contribution in [-0.2, 0) is 0 Å². The van der Waals surface area contributed by atoms with Gasteiger partial charge < -0.3 is 5.11 Å². The zero-order chi connectivity index (χ0) is 15.6. The highest BCUT2D eigenvalue weighted by Gasteiger charge is 2.20. The lowest BCUT2D eigenvalue weighted by molar-refractivity contribution is -0.385. The molecule has 0 aliphatic carbocycles. The van der Waals surface area contributed by atoms with E-state index in [0.29, 0.717) is 14.9 Å². The summed E-state index contributed by atoms with van der Waals surface area (Å²) >= 11 is 12.9. The van der Waals surface area contributed by atoms with Crippen molar-refractivity contribution >= 4 is 46.6 Å². The highest BCUT2D eigenvalue weighted by molar-refractivity contribution is 7.99. The molecule has 1 N–H and O–H groups in total. The molecule has 0 aromatic heterocycles. The molecule has 8 heteroatoms. The van der Waals surface area contributed by atoms with Crippen molar-refractivity contribution < 1.29 is 14.8 Å². The van der Waals surface area contributed by atoms with E-state index in [2.05, 4.69) is 0 Å². The summed E-state index contributed by atoms with van der Waals surface area (Å²) in [6.45, 7) is 0. The van der Waals surface area contributed by atoms with Crippen LogP contribution < -0.4 is 0 Å². The van der Waals surface area contributed by atoms with E-state index in [9.17, 15) is 14.9 Å². The van der Waals surface area contributed by atoms with Crippen molar-refractivity contribution in [1.82, 2.24) is 0 Å². The Bertz CT molecular complexity index is 736. The van der Waals surface area contributed by atoms with Gasteiger partial charge in [0.15, 0.2) is 0 Å². The van der Waals surface area contributed by atoms with E-state index in [4.69, 9.17) is 28.3 Å². The van der Waals surface area contributed by atoms with Crippen molar-refractivity contribution in [2.24, 2.45) is 0 Å². The summed E-state index contributed by atoms with van der Waals surface area (Å²) in [6.07, 6.45) is 0. The van der Waals surface area contributed by atoms with Gasteiger partial charge in [-0.3, -0.25) is 10.1 Å². The molecular weight excluding hydrogens is 337 g/mol. The van der Waals surface area contributed by atoms with Crippen molar-refractivity contribution in [2.45, 2.75) is 9.79 Å². The lowest BCUT2D eigenvalue weighted by Crippen LogP contribution is -2.02. The largest absolute Gasteiger partial charge is 0.477 e. The second kappa shape index (κ2) is 6.34. The molecule has 0 heterocycles. The van der Waals surface area contributed by atoms with Gasteiger partial charge in [-0.05, 0) is 30.3 Å². The summed E-state index contributed by atoms with van der Waals surface area (Å²) in [4.78, 5) is 22.4. The van der Waals surface area contributed by atoms with Gasteiger partial charge in [0.1, 0.15) is 5.56 Å². The molecule has 0 unspecified atom stereocenters. The van der Waals surface area contributed by atoms with Crippen molar-refractivity contribution in [3.8, 4) is 0 Å². The van der Waals surface area contributed by atoms with Crippen molar-refractivity contribution in [3.05, 3.63) is 62.1 Å². The third kappa shape index (κ3) is 3.66. The van der Waals surface area contributed by atoms with Crippen LogP contribution in [0.15, 0.2) is 46.2 Å². The Morgan fingerprint density at radius 1 is 1.10 bits per heavy atom. The molecule has 0 radical (unpaired) electrons. The zero-order valence-electron chi connectivity index (χ0n) is 10.2. The minimum atomic E-state index is -1.34. The number of carboxylic acid groups (broad SMARTS) is 1. The number of halogens is 2. The molecule has 2 rings (SSSR count). The van der Waals surface area contributed by atoms with Gasteiger partial charge in [-0.2, -0.15) is 0 Å². The van der Waals surface area contributed by atoms with Crippen LogP contribution in [0.4, 0.5) is 5.69 Å². The molecule has 0 saturated carbocycles. The average molecular weight is 344 g/mol. The molecule has 21 heavy (non-hydrogen) atoms. The van der Waals surface area contributed by atoms with Gasteiger partial charge in [-0.15, -0.1) is 0 Å². The third-order valence-electron chi connectivity index (χ3n) is 2.52. The number of nitrogens with zero attached hydrogens (tertiary/aromatic N) is 1. The number of benzene rings is 2. The summed E-state index contributed by atoms with van der Waals surface area (Å²) in [5, 5.41) is 20.6. The second-order valence-electron chi connectivity index (χ2n) is 3.92. The predicted molar refractivity (Wildman–Crippen MR) is 80.6 cm³/mol. The van der Waals surface area contributed by atoms with Gasteiger partial charge in [0.05, 0.1) is 15.0 Å². The molecule has 2 aromatic carbocycles. The number of carboxylic acids is 1. The van der Waals surface area contributed by atoms with Gasteiger partial charge in [0, 0.05) is 15.9 Å². The van der Waals surface area contributed by atoms with E-state index >= 15 is 0 Å². The van der Waals surface area contributed by atoms with Crippen LogP contribution in [0.1, 0.15) is 10.4 Å². The normalized spacial score (nSPS) is 10.4. The van der Waals surface area contributed by atoms with Crippen LogP contribution in [0.5, 0.6) is 0 Å². The van der Waals surface area contributed by atoms with Gasteiger partial charge in [0.2, 0.25) is 0 Å². The average Bonchev–Trinajstić information content (AvgIpc) is 2.42. The molecule has 5 nitrogen and oxygen atoms in total. The van der Waals surface area contributed by atoms with Crippen molar-refractivity contribution in [3.63, 3.8) is 0 Å². The second-order valence-corrected chi connectivity index (χ2v) is 5.88. The first kappa shape index (κ1) is 15.6. The number of carbonyl (C=O) groups is 1. The Morgan fingerprint density at radius 3 is 2.29 bits per heavy atom. The summed E-state index contributed by atoms with van der Waals surface area (Å²) in [6, 6.07) is 8.90. The molecule has 0 aliphatic rings. The first-order valence-corrected chi connectivity index (χ1v) is 7.10. The van der Waals surface area contributed by atoms with Gasteiger partial charge >= 0.3 is 5.97 Å². The molecule has 0 fully saturated rings. The lowest BCUT2D eigenvalue weighted by atomic mass is 10.2. The molecule has 2 aromatic rings. The van der Waals surface area contributed by atoms with E-state index in [1.807, 2.05) is 0 Å². The van der Waals surface area contributed by atoms with Gasteiger partial charge in [0.25, 0.3) is 5.69 Å². The predicted octanol–water partition coefficient (Wildman–Crippen LogP) is 4.75. The smallest absolute Gasteiger partial charge is 0.342 e. The molecule has 108 valence electrons. The van der Waals surface area contributed by atoms with Crippen molar-refractivity contribution in [1.29, 1.82) is 0 Å². The van der Waals surface area contributed by atoms with Crippen molar-refractivity contribution in [2.75, 3.05) is 0 Å². The van der Waals surface area contributed by atoms with E-state index in [1.165, 1.54) is 30.0 Å². The molecule has 0 bridgehead atoms. The quantitative estimate of drug-likeness (QED) is 0.639. The minimum Gasteiger partial charge on any atom is -0.477 e. The van der Waals surface area contributed by atoms with E-state index in [0.717, 1.165) is 4.90 Å². The number of hydrogen-bond donors (Lipinski definition) is 1. The van der Waals surface area contributed by atoms with Crippen LogP contribution in [0.25, 0.3) is 0 Å². The molecule has 0 saturated heterocycles. The lowest BCUT2D eigenvalue weighted by Gasteiger charge is -2.05. The van der Waals surface area contributed by atoms with Gasteiger partial charge in [-0.1, -0.05) is 35.0 Å². The number of hydrogen-bond acceptors (Lipinski definition) is 4. The molecule has 0 aliphatic heterocycles. The Balaban J connectivity index is 2.36. The van der Waals surface area contributed by atoms with Gasteiger partial charge in [-0.25, -0.2) is 4.79 Å². The summed E-state index contributed by atoms with van der Waals surface area (Å²) in [5.74, 6) is -1.34. The number of rotatable bonds is 4. The minimum absolute atomic E-state index is 0.349. The molecular formula is C13H7Cl2NO4S. The Hall–Kier alpha value is -1.76. The maximum Gasteiger partial charge on any atom is 0.342 e. The highest BCUT2D eigenvalue weighted by atomic mass is 35.5. The van der Waals surface area contributed by atoms with Crippen LogP contribution >= 0.6 is 35.0 Å². The van der Waals surface area contributed by atoms with Crippen LogP contribution in [-0.4, -0.2) is 16.0 Å². The third-order valence-corrected chi connectivity index (χ3v) is 4.24. The maximum atomic E-state index is 10.9. The number of nitro groups is 1. The fourth-order valence-corrected chi connectivity index (χ4v) is 2.84. The fourth-order valence-electron chi connectivity index (χ4n) is 1.58. The van der Waals surface area contributed by atoms with E-state index in [1.54, 1.807) is 18.2 Å². The zero-order valence-corrected chi connectivity index (χ0v) is 12.6. The summed E-state index contributed by atoms with van der Waals surface area (Å²) in [7, 11) is 0. The SMILES string of the molecule is O=C(O)c1ccc(Sc2ccc(Cl)c(Cl)c2)cc1[N+](=O)[O-]. The molecule has 0 amide bonds. The highest BCUT2D eigenvalue weighted by Crippen LogP contribution is 2.34. The van der Waals surface area contributed by atoms with Crippen LogP contribution in [0, 0.1) is 10.1 Å². The fraction of sp³-hybridized carbons (Fsp3) is 0. The monoisotopic (exact) mass is 343 g/mol. The summed E-state index contributed by atoms with van der Waals surface area (Å²) in [5.41, 5.74) is -0.800. The van der Waals surface area contributed by atoms with E-state index in [-0.39, 0.29) is 5.56 Å². The molecule has 0 spiro atoms. The summed E-state index contributed by atoms with van der Waals surface area (Å²) < 4.78 is 0. The number of aromatic carboxylic acids is 1. The topological polar surface area (TPSA) is 80.4 Å².